The highest BCUT2D eigenvalue weighted by atomic mass is 19.4. The van der Waals surface area contributed by atoms with Crippen molar-refractivity contribution in [3.05, 3.63) is 77.5 Å². The van der Waals surface area contributed by atoms with Gasteiger partial charge in [-0.1, -0.05) is 36.4 Å². The lowest BCUT2D eigenvalue weighted by molar-refractivity contribution is -0.137. The van der Waals surface area contributed by atoms with Crippen molar-refractivity contribution in [2.24, 2.45) is 0 Å². The van der Waals surface area contributed by atoms with Crippen molar-refractivity contribution in [2.75, 3.05) is 26.0 Å². The molecule has 0 aliphatic carbocycles. The predicted octanol–water partition coefficient (Wildman–Crippen LogP) is 5.69. The average molecular weight is 429 g/mol. The summed E-state index contributed by atoms with van der Waals surface area (Å²) < 4.78 is 41.1. The van der Waals surface area contributed by atoms with E-state index in [1.165, 1.54) is 12.1 Å². The first-order valence-electron chi connectivity index (χ1n) is 10.1. The number of aromatic nitrogens is 1. The Kier molecular flexibility index (Phi) is 6.85. The summed E-state index contributed by atoms with van der Waals surface area (Å²) >= 11 is 0. The highest BCUT2D eigenvalue weighted by molar-refractivity contribution is 6.06. The lowest BCUT2D eigenvalue weighted by atomic mass is 10.1. The summed E-state index contributed by atoms with van der Waals surface area (Å²) in [5, 5.41) is 2.62. The summed E-state index contributed by atoms with van der Waals surface area (Å²) in [6, 6.07) is 16.2. The minimum absolute atomic E-state index is 0.112. The van der Waals surface area contributed by atoms with Gasteiger partial charge in [-0.05, 0) is 63.8 Å². The van der Waals surface area contributed by atoms with Gasteiger partial charge in [-0.3, -0.25) is 4.79 Å². The lowest BCUT2D eigenvalue weighted by Crippen LogP contribution is -2.17. The molecule has 0 radical (unpaired) electrons. The van der Waals surface area contributed by atoms with Crippen LogP contribution in [0.4, 0.5) is 18.9 Å². The van der Waals surface area contributed by atoms with Crippen molar-refractivity contribution in [2.45, 2.75) is 26.1 Å². The summed E-state index contributed by atoms with van der Waals surface area (Å²) in [6.45, 7) is 3.49. The van der Waals surface area contributed by atoms with Crippen LogP contribution < -0.4 is 5.32 Å². The SMILES string of the molecule is Cc1c(C(=O)Nc2cccc(C(F)(F)F)c2)cc(-c2ccccc2)n1CCCN(C)C. The van der Waals surface area contributed by atoms with E-state index in [1.807, 2.05) is 57.4 Å². The van der Waals surface area contributed by atoms with Gasteiger partial charge >= 0.3 is 6.18 Å². The normalized spacial score (nSPS) is 11.7. The molecule has 31 heavy (non-hydrogen) atoms. The molecule has 3 rings (SSSR count). The molecule has 164 valence electrons. The molecule has 1 aromatic heterocycles. The highest BCUT2D eigenvalue weighted by Crippen LogP contribution is 2.31. The number of carbonyl (C=O) groups excluding carboxylic acids is 1. The van der Waals surface area contributed by atoms with Crippen molar-refractivity contribution >= 4 is 11.6 Å². The van der Waals surface area contributed by atoms with E-state index in [-0.39, 0.29) is 5.69 Å². The summed E-state index contributed by atoms with van der Waals surface area (Å²) in [7, 11) is 4.02. The van der Waals surface area contributed by atoms with Gasteiger partial charge in [0.2, 0.25) is 0 Å². The van der Waals surface area contributed by atoms with E-state index in [1.54, 1.807) is 0 Å². The zero-order valence-electron chi connectivity index (χ0n) is 17.8. The Balaban J connectivity index is 1.92. The van der Waals surface area contributed by atoms with Gasteiger partial charge in [-0.2, -0.15) is 13.2 Å². The molecular formula is C24H26F3N3O. The van der Waals surface area contributed by atoms with Crippen molar-refractivity contribution in [1.29, 1.82) is 0 Å². The molecule has 1 amide bonds. The first kappa shape index (κ1) is 22.6. The van der Waals surface area contributed by atoms with Gasteiger partial charge in [-0.15, -0.1) is 0 Å². The number of alkyl halides is 3. The molecule has 0 aliphatic heterocycles. The fourth-order valence-corrected chi connectivity index (χ4v) is 3.53. The molecule has 2 aromatic carbocycles. The summed E-state index contributed by atoms with van der Waals surface area (Å²) in [4.78, 5) is 15.1. The standard InChI is InChI=1S/C24H26F3N3O/c1-17-21(23(31)28-20-12-7-11-19(15-20)24(25,26)27)16-22(18-9-5-4-6-10-18)30(17)14-8-13-29(2)3/h4-7,9-12,15-16H,8,13-14H2,1-3H3,(H,28,31). The monoisotopic (exact) mass is 429 g/mol. The maximum atomic E-state index is 13.0. The van der Waals surface area contributed by atoms with Crippen LogP contribution in [0.25, 0.3) is 11.3 Å². The van der Waals surface area contributed by atoms with E-state index in [9.17, 15) is 18.0 Å². The molecule has 0 atom stereocenters. The Morgan fingerprint density at radius 3 is 2.39 bits per heavy atom. The van der Waals surface area contributed by atoms with Crippen LogP contribution in [0.1, 0.15) is 28.0 Å². The summed E-state index contributed by atoms with van der Waals surface area (Å²) in [6.07, 6.45) is -3.57. The van der Waals surface area contributed by atoms with Gasteiger partial charge in [0.25, 0.3) is 5.91 Å². The fourth-order valence-electron chi connectivity index (χ4n) is 3.53. The van der Waals surface area contributed by atoms with Gasteiger partial charge < -0.3 is 14.8 Å². The molecule has 0 bridgehead atoms. The number of hydrogen-bond donors (Lipinski definition) is 1. The molecule has 0 saturated heterocycles. The lowest BCUT2D eigenvalue weighted by Gasteiger charge is -2.14. The molecule has 0 spiro atoms. The van der Waals surface area contributed by atoms with E-state index in [2.05, 4.69) is 14.8 Å². The number of rotatable bonds is 7. The van der Waals surface area contributed by atoms with Crippen molar-refractivity contribution in [3.63, 3.8) is 0 Å². The van der Waals surface area contributed by atoms with Crippen LogP contribution in [0.5, 0.6) is 0 Å². The van der Waals surface area contributed by atoms with Crippen LogP contribution in [0.3, 0.4) is 0 Å². The first-order valence-corrected chi connectivity index (χ1v) is 10.1. The van der Waals surface area contributed by atoms with Gasteiger partial charge in [0.05, 0.1) is 11.1 Å². The molecule has 1 N–H and O–H groups in total. The van der Waals surface area contributed by atoms with E-state index in [0.717, 1.165) is 48.6 Å². The molecule has 0 unspecified atom stereocenters. The number of nitrogens with zero attached hydrogens (tertiary/aromatic N) is 2. The molecule has 0 fully saturated rings. The smallest absolute Gasteiger partial charge is 0.344 e. The van der Waals surface area contributed by atoms with E-state index < -0.39 is 17.6 Å². The van der Waals surface area contributed by atoms with E-state index >= 15 is 0 Å². The highest BCUT2D eigenvalue weighted by Gasteiger charge is 2.30. The number of anilines is 1. The Labute approximate surface area is 180 Å². The number of amides is 1. The molecule has 3 aromatic rings. The molecule has 0 aliphatic rings. The maximum absolute atomic E-state index is 13.0. The number of benzene rings is 2. The first-order chi connectivity index (χ1) is 14.7. The Morgan fingerprint density at radius 1 is 1.03 bits per heavy atom. The van der Waals surface area contributed by atoms with Gasteiger partial charge in [0, 0.05) is 23.6 Å². The third-order valence-electron chi connectivity index (χ3n) is 5.12. The van der Waals surface area contributed by atoms with Gasteiger partial charge in [0.1, 0.15) is 0 Å². The molecule has 4 nitrogen and oxygen atoms in total. The van der Waals surface area contributed by atoms with Crippen LogP contribution in [-0.4, -0.2) is 36.0 Å². The zero-order valence-corrected chi connectivity index (χ0v) is 17.8. The quantitative estimate of drug-likeness (QED) is 0.524. The number of halogens is 3. The second kappa shape index (κ2) is 9.39. The Bertz CT molecular complexity index is 1040. The van der Waals surface area contributed by atoms with Crippen molar-refractivity contribution in [1.82, 2.24) is 9.47 Å². The average Bonchev–Trinajstić information content (AvgIpc) is 3.04. The third kappa shape index (κ3) is 5.55. The Morgan fingerprint density at radius 2 is 1.74 bits per heavy atom. The number of nitrogens with one attached hydrogen (secondary N) is 1. The molecule has 7 heteroatoms. The minimum Gasteiger partial charge on any atom is -0.344 e. The second-order valence-corrected chi connectivity index (χ2v) is 7.74. The minimum atomic E-state index is -4.47. The van der Waals surface area contributed by atoms with Crippen LogP contribution in [0, 0.1) is 6.92 Å². The fraction of sp³-hybridized carbons (Fsp3) is 0.292. The van der Waals surface area contributed by atoms with Crippen molar-refractivity contribution < 1.29 is 18.0 Å². The predicted molar refractivity (Wildman–Crippen MR) is 117 cm³/mol. The Hall–Kier alpha value is -3.06. The molecular weight excluding hydrogens is 403 g/mol. The van der Waals surface area contributed by atoms with E-state index in [4.69, 9.17) is 0 Å². The maximum Gasteiger partial charge on any atom is 0.416 e. The number of carbonyl (C=O) groups is 1. The second-order valence-electron chi connectivity index (χ2n) is 7.74. The molecule has 0 saturated carbocycles. The van der Waals surface area contributed by atoms with Crippen molar-refractivity contribution in [3.8, 4) is 11.3 Å². The topological polar surface area (TPSA) is 37.3 Å². The summed E-state index contributed by atoms with van der Waals surface area (Å²) in [5.41, 5.74) is 2.43. The van der Waals surface area contributed by atoms with E-state index in [0.29, 0.717) is 5.56 Å². The van der Waals surface area contributed by atoms with Crippen LogP contribution in [-0.2, 0) is 12.7 Å². The third-order valence-corrected chi connectivity index (χ3v) is 5.12. The number of hydrogen-bond acceptors (Lipinski definition) is 2. The molecule has 1 heterocycles. The van der Waals surface area contributed by atoms with Crippen LogP contribution in [0.2, 0.25) is 0 Å². The largest absolute Gasteiger partial charge is 0.416 e. The summed E-state index contributed by atoms with van der Waals surface area (Å²) in [5.74, 6) is -0.430. The van der Waals surface area contributed by atoms with Gasteiger partial charge in [0.15, 0.2) is 0 Å². The van der Waals surface area contributed by atoms with Crippen LogP contribution in [0.15, 0.2) is 60.7 Å². The van der Waals surface area contributed by atoms with Crippen LogP contribution >= 0.6 is 0 Å². The van der Waals surface area contributed by atoms with Gasteiger partial charge in [-0.25, -0.2) is 0 Å². The zero-order chi connectivity index (χ0) is 22.6.